The number of carbonyl (C=O) groups excluding carboxylic acids is 1. The Balaban J connectivity index is 2.18. The molecule has 0 unspecified atom stereocenters. The van der Waals surface area contributed by atoms with Gasteiger partial charge in [0, 0.05) is 18.8 Å². The minimum atomic E-state index is -0.982. The normalized spacial score (nSPS) is 15.4. The molecule has 110 valence electrons. The fourth-order valence-electron chi connectivity index (χ4n) is 2.81. The molecule has 0 bridgehead atoms. The quantitative estimate of drug-likeness (QED) is 0.812. The molecular weight excluding hydrogens is 260 g/mol. The minimum Gasteiger partial charge on any atom is -0.480 e. The second-order valence-electron chi connectivity index (χ2n) is 5.08. The number of rotatable bonds is 6. The maximum absolute atomic E-state index is 12.6. The molecule has 1 aliphatic carbocycles. The molecule has 6 nitrogen and oxygen atoms in total. The Morgan fingerprint density at radius 1 is 1.35 bits per heavy atom. The van der Waals surface area contributed by atoms with Crippen molar-refractivity contribution >= 4 is 11.9 Å². The molecule has 0 spiro atoms. The van der Waals surface area contributed by atoms with Crippen LogP contribution in [-0.2, 0) is 11.3 Å². The first-order chi connectivity index (χ1) is 9.63. The van der Waals surface area contributed by atoms with Gasteiger partial charge in [0.05, 0.1) is 6.61 Å². The second kappa shape index (κ2) is 6.56. The van der Waals surface area contributed by atoms with E-state index in [1.54, 1.807) is 23.2 Å². The summed E-state index contributed by atoms with van der Waals surface area (Å²) in [5.41, 5.74) is 0.368. The molecule has 2 N–H and O–H groups in total. The van der Waals surface area contributed by atoms with E-state index in [1.807, 2.05) is 0 Å². The van der Waals surface area contributed by atoms with Gasteiger partial charge in [-0.2, -0.15) is 0 Å². The highest BCUT2D eigenvalue weighted by Gasteiger charge is 2.28. The van der Waals surface area contributed by atoms with Crippen molar-refractivity contribution in [2.45, 2.75) is 38.3 Å². The monoisotopic (exact) mass is 280 g/mol. The molecule has 1 fully saturated rings. The summed E-state index contributed by atoms with van der Waals surface area (Å²) in [6, 6.07) is 3.45. The smallest absolute Gasteiger partial charge is 0.323 e. The lowest BCUT2D eigenvalue weighted by Crippen LogP contribution is -2.41. The van der Waals surface area contributed by atoms with Gasteiger partial charge in [-0.3, -0.25) is 9.59 Å². The number of aliphatic hydroxyl groups is 1. The first-order valence-corrected chi connectivity index (χ1v) is 6.92. The van der Waals surface area contributed by atoms with Crippen molar-refractivity contribution in [2.24, 2.45) is 0 Å². The van der Waals surface area contributed by atoms with Gasteiger partial charge in [-0.1, -0.05) is 12.8 Å². The van der Waals surface area contributed by atoms with Gasteiger partial charge < -0.3 is 19.7 Å². The van der Waals surface area contributed by atoms with E-state index in [0.29, 0.717) is 12.2 Å². The lowest BCUT2D eigenvalue weighted by molar-refractivity contribution is -0.137. The average molecular weight is 280 g/mol. The van der Waals surface area contributed by atoms with Gasteiger partial charge in [0.2, 0.25) is 0 Å². The highest BCUT2D eigenvalue weighted by molar-refractivity contribution is 5.93. The van der Waals surface area contributed by atoms with Crippen molar-refractivity contribution in [3.05, 3.63) is 24.0 Å². The molecule has 1 aliphatic rings. The second-order valence-corrected chi connectivity index (χ2v) is 5.08. The van der Waals surface area contributed by atoms with Crippen molar-refractivity contribution in [1.82, 2.24) is 9.47 Å². The van der Waals surface area contributed by atoms with Gasteiger partial charge in [0.15, 0.2) is 0 Å². The maximum atomic E-state index is 12.6. The third-order valence-electron chi connectivity index (χ3n) is 3.72. The molecule has 0 saturated heterocycles. The number of carboxylic acid groups (broad SMARTS) is 1. The van der Waals surface area contributed by atoms with Crippen molar-refractivity contribution in [3.63, 3.8) is 0 Å². The van der Waals surface area contributed by atoms with E-state index in [-0.39, 0.29) is 25.1 Å². The molecule has 20 heavy (non-hydrogen) atoms. The number of nitrogens with zero attached hydrogens (tertiary/aromatic N) is 2. The first-order valence-electron chi connectivity index (χ1n) is 6.92. The predicted molar refractivity (Wildman–Crippen MR) is 72.4 cm³/mol. The Kier molecular flexibility index (Phi) is 4.79. The molecular formula is C14H20N2O4. The number of aromatic nitrogens is 1. The molecule has 1 aromatic rings. The van der Waals surface area contributed by atoms with E-state index >= 15 is 0 Å². The highest BCUT2D eigenvalue weighted by atomic mass is 16.4. The predicted octanol–water partition coefficient (Wildman–Crippen LogP) is 0.950. The molecule has 2 rings (SSSR count). The zero-order valence-corrected chi connectivity index (χ0v) is 11.4. The van der Waals surface area contributed by atoms with Gasteiger partial charge in [-0.05, 0) is 25.0 Å². The van der Waals surface area contributed by atoms with E-state index in [0.717, 1.165) is 25.7 Å². The topological polar surface area (TPSA) is 82.8 Å². The van der Waals surface area contributed by atoms with E-state index in [9.17, 15) is 9.59 Å². The van der Waals surface area contributed by atoms with E-state index < -0.39 is 5.97 Å². The summed E-state index contributed by atoms with van der Waals surface area (Å²) >= 11 is 0. The van der Waals surface area contributed by atoms with Gasteiger partial charge in [0.1, 0.15) is 12.2 Å². The van der Waals surface area contributed by atoms with Gasteiger partial charge in [-0.25, -0.2) is 0 Å². The summed E-state index contributed by atoms with van der Waals surface area (Å²) in [4.78, 5) is 25.1. The van der Waals surface area contributed by atoms with Crippen molar-refractivity contribution in [3.8, 4) is 0 Å². The van der Waals surface area contributed by atoms with Crippen LogP contribution in [0.1, 0.15) is 36.2 Å². The van der Waals surface area contributed by atoms with Gasteiger partial charge >= 0.3 is 5.97 Å². The fourth-order valence-corrected chi connectivity index (χ4v) is 2.81. The molecule has 1 amide bonds. The van der Waals surface area contributed by atoms with E-state index in [2.05, 4.69) is 0 Å². The molecule has 1 saturated carbocycles. The summed E-state index contributed by atoms with van der Waals surface area (Å²) in [7, 11) is 0. The summed E-state index contributed by atoms with van der Waals surface area (Å²) in [5.74, 6) is -1.18. The van der Waals surface area contributed by atoms with Crippen LogP contribution in [0.25, 0.3) is 0 Å². The Morgan fingerprint density at radius 3 is 2.65 bits per heavy atom. The largest absolute Gasteiger partial charge is 0.480 e. The van der Waals surface area contributed by atoms with Crippen molar-refractivity contribution < 1.29 is 19.8 Å². The summed E-state index contributed by atoms with van der Waals surface area (Å²) in [5, 5.41) is 18.0. The van der Waals surface area contributed by atoms with Crippen LogP contribution in [0.4, 0.5) is 0 Å². The fraction of sp³-hybridized carbons (Fsp3) is 0.571. The Morgan fingerprint density at radius 2 is 2.05 bits per heavy atom. The molecule has 0 radical (unpaired) electrons. The van der Waals surface area contributed by atoms with Gasteiger partial charge in [-0.15, -0.1) is 0 Å². The standard InChI is InChI=1S/C14H20N2O4/c17-9-8-16(11-4-1-2-5-11)14(20)12-6-3-7-15(12)10-13(18)19/h3,6-7,11,17H,1-2,4-5,8-10H2,(H,18,19). The lowest BCUT2D eigenvalue weighted by Gasteiger charge is -2.28. The molecule has 1 aromatic heterocycles. The number of amides is 1. The number of hydrogen-bond acceptors (Lipinski definition) is 3. The van der Waals surface area contributed by atoms with Crippen LogP contribution in [0.15, 0.2) is 18.3 Å². The molecule has 0 atom stereocenters. The molecule has 0 aliphatic heterocycles. The van der Waals surface area contributed by atoms with Crippen LogP contribution in [0, 0.1) is 0 Å². The highest BCUT2D eigenvalue weighted by Crippen LogP contribution is 2.24. The zero-order chi connectivity index (χ0) is 14.5. The van der Waals surface area contributed by atoms with E-state index in [4.69, 9.17) is 10.2 Å². The molecule has 1 heterocycles. The van der Waals surface area contributed by atoms with Crippen LogP contribution >= 0.6 is 0 Å². The van der Waals surface area contributed by atoms with Crippen LogP contribution in [0.5, 0.6) is 0 Å². The molecule has 0 aromatic carbocycles. The number of carboxylic acids is 1. The minimum absolute atomic E-state index is 0.0815. The lowest BCUT2D eigenvalue weighted by atomic mass is 10.2. The third-order valence-corrected chi connectivity index (χ3v) is 3.72. The third kappa shape index (κ3) is 3.19. The maximum Gasteiger partial charge on any atom is 0.323 e. The Hall–Kier alpha value is -1.82. The number of carbonyl (C=O) groups is 2. The van der Waals surface area contributed by atoms with Crippen molar-refractivity contribution in [2.75, 3.05) is 13.2 Å². The van der Waals surface area contributed by atoms with Crippen LogP contribution in [0.2, 0.25) is 0 Å². The van der Waals surface area contributed by atoms with Crippen molar-refractivity contribution in [1.29, 1.82) is 0 Å². The van der Waals surface area contributed by atoms with Gasteiger partial charge in [0.25, 0.3) is 5.91 Å². The average Bonchev–Trinajstić information content (AvgIpc) is 3.05. The molecule has 6 heteroatoms. The summed E-state index contributed by atoms with van der Waals surface area (Å²) < 4.78 is 1.43. The Bertz CT molecular complexity index is 477. The first kappa shape index (κ1) is 14.6. The van der Waals surface area contributed by atoms with Crippen LogP contribution in [0.3, 0.4) is 0 Å². The summed E-state index contributed by atoms with van der Waals surface area (Å²) in [6.07, 6.45) is 5.68. The Labute approximate surface area is 117 Å². The number of aliphatic hydroxyl groups excluding tert-OH is 1. The number of hydrogen-bond donors (Lipinski definition) is 2. The van der Waals surface area contributed by atoms with Crippen LogP contribution < -0.4 is 0 Å². The summed E-state index contributed by atoms with van der Waals surface area (Å²) in [6.45, 7) is -0.0185. The van der Waals surface area contributed by atoms with Crippen LogP contribution in [-0.4, -0.2) is 50.8 Å². The SMILES string of the molecule is O=C(O)Cn1cccc1C(=O)N(CCO)C1CCCC1. The van der Waals surface area contributed by atoms with E-state index in [1.165, 1.54) is 4.57 Å². The number of aliphatic carboxylic acids is 1. The zero-order valence-electron chi connectivity index (χ0n) is 11.4.